The van der Waals surface area contributed by atoms with Gasteiger partial charge in [0, 0.05) is 19.0 Å². The highest BCUT2D eigenvalue weighted by atomic mass is 32.2. The first-order valence-corrected chi connectivity index (χ1v) is 12.4. The number of piperidine rings is 1. The van der Waals surface area contributed by atoms with Gasteiger partial charge in [-0.2, -0.15) is 4.72 Å². The average molecular weight is 468 g/mol. The van der Waals surface area contributed by atoms with Crippen LogP contribution in [0.1, 0.15) is 45.6 Å². The number of rotatable bonds is 9. The molecule has 2 rings (SSSR count). The van der Waals surface area contributed by atoms with Crippen molar-refractivity contribution in [3.05, 3.63) is 29.8 Å². The van der Waals surface area contributed by atoms with Gasteiger partial charge in [-0.3, -0.25) is 9.59 Å². The third-order valence-electron chi connectivity index (χ3n) is 5.99. The van der Waals surface area contributed by atoms with Crippen molar-refractivity contribution in [1.82, 2.24) is 14.9 Å². The molecule has 10 heteroatoms. The first-order valence-electron chi connectivity index (χ1n) is 10.9. The van der Waals surface area contributed by atoms with E-state index in [0.717, 1.165) is 5.56 Å². The van der Waals surface area contributed by atoms with E-state index >= 15 is 0 Å². The Bertz CT molecular complexity index is 923. The van der Waals surface area contributed by atoms with Gasteiger partial charge < -0.3 is 15.3 Å². The van der Waals surface area contributed by atoms with E-state index in [1.807, 2.05) is 13.8 Å². The standard InChI is InChI=1S/C22H33N3O6S/c1-5-15(3)19(22(28)29)23-20(26)17-10-12-25(13-11-17)21(27)16(4)24-32(30,31)18-8-6-14(2)7-9-18/h6-9,15-17,19,24H,5,10-13H2,1-4H3,(H,23,26)(H,28,29)/t15-,16-,19-/m0/s1. The summed E-state index contributed by atoms with van der Waals surface area (Å²) in [5, 5.41) is 12.0. The molecule has 0 bridgehead atoms. The van der Waals surface area contributed by atoms with Gasteiger partial charge in [0.2, 0.25) is 21.8 Å². The lowest BCUT2D eigenvalue weighted by Crippen LogP contribution is -2.52. The Labute approximate surface area is 189 Å². The highest BCUT2D eigenvalue weighted by Crippen LogP contribution is 2.20. The van der Waals surface area contributed by atoms with Crippen molar-refractivity contribution in [2.24, 2.45) is 11.8 Å². The molecule has 0 saturated carbocycles. The van der Waals surface area contributed by atoms with E-state index in [-0.39, 0.29) is 28.5 Å². The number of amides is 2. The Hall–Kier alpha value is -2.46. The second-order valence-corrected chi connectivity index (χ2v) is 10.2. The number of carbonyl (C=O) groups is 3. The Kier molecular flexibility index (Phi) is 8.80. The van der Waals surface area contributed by atoms with Gasteiger partial charge in [-0.25, -0.2) is 13.2 Å². The Morgan fingerprint density at radius 1 is 1.12 bits per heavy atom. The maximum absolute atomic E-state index is 12.8. The molecule has 9 nitrogen and oxygen atoms in total. The van der Waals surface area contributed by atoms with Crippen LogP contribution in [0.15, 0.2) is 29.2 Å². The van der Waals surface area contributed by atoms with E-state index in [9.17, 15) is 27.9 Å². The minimum absolute atomic E-state index is 0.0902. The molecule has 1 heterocycles. The lowest BCUT2D eigenvalue weighted by atomic mass is 9.93. The number of hydrogen-bond acceptors (Lipinski definition) is 5. The molecule has 3 atom stereocenters. The summed E-state index contributed by atoms with van der Waals surface area (Å²) in [6.07, 6.45) is 1.41. The maximum atomic E-state index is 12.8. The number of carbonyl (C=O) groups excluding carboxylic acids is 2. The molecule has 1 saturated heterocycles. The smallest absolute Gasteiger partial charge is 0.326 e. The molecule has 1 aromatic rings. The summed E-state index contributed by atoms with van der Waals surface area (Å²) in [4.78, 5) is 38.4. The third kappa shape index (κ3) is 6.52. The number of nitrogens with one attached hydrogen (secondary N) is 2. The zero-order valence-electron chi connectivity index (χ0n) is 19.0. The second kappa shape index (κ2) is 10.9. The van der Waals surface area contributed by atoms with Crippen molar-refractivity contribution in [3.63, 3.8) is 0 Å². The number of hydrogen-bond donors (Lipinski definition) is 3. The predicted octanol–water partition coefficient (Wildman–Crippen LogP) is 1.52. The van der Waals surface area contributed by atoms with Crippen LogP contribution in [-0.4, -0.2) is 61.4 Å². The molecule has 1 aliphatic heterocycles. The van der Waals surface area contributed by atoms with E-state index in [0.29, 0.717) is 32.4 Å². The number of sulfonamides is 1. The van der Waals surface area contributed by atoms with Gasteiger partial charge in [0.15, 0.2) is 0 Å². The lowest BCUT2D eigenvalue weighted by molar-refractivity contribution is -0.144. The van der Waals surface area contributed by atoms with Gasteiger partial charge in [0.1, 0.15) is 6.04 Å². The summed E-state index contributed by atoms with van der Waals surface area (Å²) in [7, 11) is -3.83. The largest absolute Gasteiger partial charge is 0.480 e. The molecule has 0 aliphatic carbocycles. The van der Waals surface area contributed by atoms with Crippen molar-refractivity contribution in [1.29, 1.82) is 0 Å². The SMILES string of the molecule is CC[C@H](C)[C@H](NC(=O)C1CCN(C(=O)[C@H](C)NS(=O)(=O)c2ccc(C)cc2)CC1)C(=O)O. The molecule has 178 valence electrons. The van der Waals surface area contributed by atoms with Crippen LogP contribution in [0.25, 0.3) is 0 Å². The first-order chi connectivity index (χ1) is 15.0. The number of likely N-dealkylation sites (tertiary alicyclic amines) is 1. The van der Waals surface area contributed by atoms with Gasteiger partial charge in [-0.15, -0.1) is 0 Å². The normalized spacial score (nSPS) is 17.9. The predicted molar refractivity (Wildman–Crippen MR) is 119 cm³/mol. The van der Waals surface area contributed by atoms with Crippen molar-refractivity contribution >= 4 is 27.8 Å². The van der Waals surface area contributed by atoms with Gasteiger partial charge >= 0.3 is 5.97 Å². The molecule has 0 unspecified atom stereocenters. The van der Waals surface area contributed by atoms with Crippen LogP contribution < -0.4 is 10.0 Å². The van der Waals surface area contributed by atoms with Crippen molar-refractivity contribution in [3.8, 4) is 0 Å². The van der Waals surface area contributed by atoms with Gasteiger partial charge in [0.25, 0.3) is 0 Å². The third-order valence-corrected chi connectivity index (χ3v) is 7.54. The lowest BCUT2D eigenvalue weighted by Gasteiger charge is -2.33. The van der Waals surface area contributed by atoms with E-state index < -0.39 is 28.1 Å². The monoisotopic (exact) mass is 467 g/mol. The van der Waals surface area contributed by atoms with Gasteiger partial charge in [-0.05, 0) is 44.7 Å². The molecular formula is C22H33N3O6S. The van der Waals surface area contributed by atoms with E-state index in [1.165, 1.54) is 24.0 Å². The zero-order valence-corrected chi connectivity index (χ0v) is 19.8. The van der Waals surface area contributed by atoms with Crippen LogP contribution in [0, 0.1) is 18.8 Å². The van der Waals surface area contributed by atoms with Crippen LogP contribution in [-0.2, 0) is 24.4 Å². The van der Waals surface area contributed by atoms with Gasteiger partial charge in [-0.1, -0.05) is 38.0 Å². The molecule has 1 aliphatic rings. The second-order valence-electron chi connectivity index (χ2n) is 8.47. The minimum atomic E-state index is -3.83. The summed E-state index contributed by atoms with van der Waals surface area (Å²) in [6, 6.07) is 4.46. The Balaban J connectivity index is 1.91. The number of carboxylic acid groups (broad SMARTS) is 1. The van der Waals surface area contributed by atoms with Crippen molar-refractivity contribution < 1.29 is 27.9 Å². The number of aliphatic carboxylic acids is 1. The van der Waals surface area contributed by atoms with E-state index in [1.54, 1.807) is 19.1 Å². The van der Waals surface area contributed by atoms with Crippen LogP contribution in [0.4, 0.5) is 0 Å². The highest BCUT2D eigenvalue weighted by Gasteiger charge is 2.33. The summed E-state index contributed by atoms with van der Waals surface area (Å²) in [6.45, 7) is 7.59. The Morgan fingerprint density at radius 3 is 2.19 bits per heavy atom. The summed E-state index contributed by atoms with van der Waals surface area (Å²) in [5.41, 5.74) is 0.929. The van der Waals surface area contributed by atoms with Crippen LogP contribution in [0.3, 0.4) is 0 Å². The molecule has 0 aromatic heterocycles. The van der Waals surface area contributed by atoms with Crippen LogP contribution in [0.2, 0.25) is 0 Å². The summed E-state index contributed by atoms with van der Waals surface area (Å²) >= 11 is 0. The molecule has 32 heavy (non-hydrogen) atoms. The fourth-order valence-electron chi connectivity index (χ4n) is 3.66. The van der Waals surface area contributed by atoms with Crippen molar-refractivity contribution in [2.75, 3.05) is 13.1 Å². The topological polar surface area (TPSA) is 133 Å². The maximum Gasteiger partial charge on any atom is 0.326 e. The molecule has 3 N–H and O–H groups in total. The summed E-state index contributed by atoms with van der Waals surface area (Å²) < 4.78 is 27.5. The average Bonchev–Trinajstić information content (AvgIpc) is 2.76. The highest BCUT2D eigenvalue weighted by molar-refractivity contribution is 7.89. The molecule has 2 amide bonds. The molecule has 1 fully saturated rings. The molecule has 0 spiro atoms. The van der Waals surface area contributed by atoms with Crippen molar-refractivity contribution in [2.45, 2.75) is 63.9 Å². The molecular weight excluding hydrogens is 434 g/mol. The van der Waals surface area contributed by atoms with E-state index in [2.05, 4.69) is 10.0 Å². The van der Waals surface area contributed by atoms with Gasteiger partial charge in [0.05, 0.1) is 10.9 Å². The summed E-state index contributed by atoms with van der Waals surface area (Å²) in [5.74, 6) is -2.32. The quantitative estimate of drug-likeness (QED) is 0.504. The first kappa shape index (κ1) is 25.8. The van der Waals surface area contributed by atoms with Crippen LogP contribution in [0.5, 0.6) is 0 Å². The number of carboxylic acids is 1. The minimum Gasteiger partial charge on any atom is -0.480 e. The number of aryl methyl sites for hydroxylation is 1. The fourth-order valence-corrected chi connectivity index (χ4v) is 4.86. The number of benzene rings is 1. The molecule has 0 radical (unpaired) electrons. The zero-order chi connectivity index (χ0) is 24.1. The fraction of sp³-hybridized carbons (Fsp3) is 0.591. The van der Waals surface area contributed by atoms with Crippen LogP contribution >= 0.6 is 0 Å². The molecule has 1 aromatic carbocycles. The number of nitrogens with zero attached hydrogens (tertiary/aromatic N) is 1. The Morgan fingerprint density at radius 2 is 1.69 bits per heavy atom. The van der Waals surface area contributed by atoms with E-state index in [4.69, 9.17) is 0 Å².